The monoisotopic (exact) mass is 116 g/mol. The lowest BCUT2D eigenvalue weighted by Gasteiger charge is -2.04. The average Bonchev–Trinajstić information content (AvgIpc) is 1.84. The Morgan fingerprint density at radius 1 is 2.00 bits per heavy atom. The Bertz CT molecular complexity index is 123. The van der Waals surface area contributed by atoms with Crippen LogP contribution in [0.15, 0.2) is 12.3 Å². The second-order valence-corrected chi connectivity index (χ2v) is 1.85. The molecule has 0 aromatic heterocycles. The Balaban J connectivity index is 3.94. The zero-order valence-electron chi connectivity index (χ0n) is 7.39. The van der Waals surface area contributed by atoms with Crippen molar-refractivity contribution in [2.45, 2.75) is 26.6 Å². The van der Waals surface area contributed by atoms with Gasteiger partial charge in [0.15, 0.2) is 0 Å². The summed E-state index contributed by atoms with van der Waals surface area (Å²) in [5.74, 6) is -0.302. The number of hydrogen-bond donors (Lipinski definition) is 1. The van der Waals surface area contributed by atoms with Crippen molar-refractivity contribution in [1.82, 2.24) is 0 Å². The van der Waals surface area contributed by atoms with E-state index in [1.54, 1.807) is 13.8 Å². The largest absolute Gasteiger partial charge is 0.513 e. The van der Waals surface area contributed by atoms with Crippen molar-refractivity contribution in [3.8, 4) is 0 Å². The first-order valence-electron chi connectivity index (χ1n) is 3.84. The van der Waals surface area contributed by atoms with Crippen molar-refractivity contribution in [3.05, 3.63) is 12.3 Å². The summed E-state index contributed by atoms with van der Waals surface area (Å²) in [6, 6.07) is 0. The van der Waals surface area contributed by atoms with Crippen LogP contribution in [0.3, 0.4) is 0 Å². The van der Waals surface area contributed by atoms with Crippen LogP contribution in [-0.4, -0.2) is 5.11 Å². The quantitative estimate of drug-likeness (QED) is 0.562. The number of hydrogen-bond acceptors (Lipinski definition) is 1. The minimum absolute atomic E-state index is 0.147. The first kappa shape index (κ1) is 4.42. The molecule has 0 aliphatic heterocycles. The van der Waals surface area contributed by atoms with Crippen LogP contribution in [0.25, 0.3) is 0 Å². The molecule has 1 N–H and O–H groups in total. The Labute approximate surface area is 53.8 Å². The molecule has 0 amide bonds. The molecule has 0 saturated carbocycles. The van der Waals surface area contributed by atoms with E-state index in [9.17, 15) is 0 Å². The molecule has 0 unspecified atom stereocenters. The molecule has 0 heterocycles. The number of rotatable bonds is 3. The van der Waals surface area contributed by atoms with Crippen LogP contribution in [0, 0.1) is 5.92 Å². The molecule has 0 aromatic rings. The van der Waals surface area contributed by atoms with Crippen LogP contribution >= 0.6 is 0 Å². The molecular weight excluding hydrogens is 100 g/mol. The van der Waals surface area contributed by atoms with E-state index in [0.29, 0.717) is 0 Å². The van der Waals surface area contributed by atoms with Crippen molar-refractivity contribution in [2.24, 2.45) is 5.92 Å². The van der Waals surface area contributed by atoms with Gasteiger partial charge in [0.05, 0.1) is 5.76 Å². The summed E-state index contributed by atoms with van der Waals surface area (Å²) in [4.78, 5) is 0. The highest BCUT2D eigenvalue weighted by atomic mass is 16.3. The van der Waals surface area contributed by atoms with Gasteiger partial charge in [0.25, 0.3) is 0 Å². The normalized spacial score (nSPS) is 24.8. The van der Waals surface area contributed by atoms with Crippen LogP contribution in [0.1, 0.15) is 29.4 Å². The predicted octanol–water partition coefficient (Wildman–Crippen LogP) is 2.49. The van der Waals surface area contributed by atoms with Gasteiger partial charge in [-0.15, -0.1) is 0 Å². The molecule has 3 atom stereocenters. The van der Waals surface area contributed by atoms with E-state index < -0.39 is 6.40 Å². The smallest absolute Gasteiger partial charge is 0.0853 e. The van der Waals surface area contributed by atoms with Gasteiger partial charge in [-0.2, -0.15) is 0 Å². The first-order valence-corrected chi connectivity index (χ1v) is 2.69. The summed E-state index contributed by atoms with van der Waals surface area (Å²) in [5, 5.41) is 8.77. The zero-order valence-corrected chi connectivity index (χ0v) is 5.39. The Hall–Kier alpha value is -0.460. The predicted molar refractivity (Wildman–Crippen MR) is 35.8 cm³/mol. The average molecular weight is 116 g/mol. The Morgan fingerprint density at radius 3 is 2.62 bits per heavy atom. The third-order valence-electron chi connectivity index (χ3n) is 0.981. The molecule has 0 rings (SSSR count). The van der Waals surface area contributed by atoms with E-state index >= 15 is 0 Å². The van der Waals surface area contributed by atoms with Gasteiger partial charge in [0.2, 0.25) is 0 Å². The molecule has 1 heteroatoms. The molecule has 1 nitrogen and oxygen atoms in total. The van der Waals surface area contributed by atoms with E-state index in [0.717, 1.165) is 0 Å². The first-order chi connectivity index (χ1) is 4.46. The van der Waals surface area contributed by atoms with Crippen molar-refractivity contribution < 1.29 is 7.85 Å². The highest BCUT2D eigenvalue weighted by Crippen LogP contribution is 2.09. The summed E-state index contributed by atoms with van der Waals surface area (Å²) in [6.07, 6.45) is -1.04. The number of allylic oxidation sites excluding steroid dienone is 1. The second kappa shape index (κ2) is 3.53. The Kier molecular flexibility index (Phi) is 1.95. The van der Waals surface area contributed by atoms with Gasteiger partial charge in [0.1, 0.15) is 0 Å². The maximum Gasteiger partial charge on any atom is 0.0853 e. The minimum atomic E-state index is -0.715. The van der Waals surface area contributed by atoms with Gasteiger partial charge < -0.3 is 5.11 Å². The summed E-state index contributed by atoms with van der Waals surface area (Å²) in [5.41, 5.74) is 0. The van der Waals surface area contributed by atoms with Crippen LogP contribution in [0.4, 0.5) is 0 Å². The fourth-order valence-electron chi connectivity index (χ4n) is 0.400. The van der Waals surface area contributed by atoms with E-state index in [1.165, 1.54) is 0 Å². The van der Waals surface area contributed by atoms with Crippen LogP contribution in [0.2, 0.25) is 0 Å². The SMILES string of the molecule is [2H][C@H](C)[C@H](C)[C@H]([2H])C(=C)O. The summed E-state index contributed by atoms with van der Waals surface area (Å²) in [6.45, 7) is 6.71. The van der Waals surface area contributed by atoms with Gasteiger partial charge in [-0.1, -0.05) is 26.8 Å². The van der Waals surface area contributed by atoms with Crippen LogP contribution in [0.5, 0.6) is 0 Å². The standard InChI is InChI=1S/C7H14O/c1-4-6(2)5-7(3)8/h6,8H,3-5H2,1-2H3/t6-/m0/s1/i4D,5D/t4-,5+,6+/m1. The van der Waals surface area contributed by atoms with Crippen molar-refractivity contribution in [2.75, 3.05) is 0 Å². The number of aliphatic hydroxyl groups is 1. The fourth-order valence-corrected chi connectivity index (χ4v) is 0.400. The van der Waals surface area contributed by atoms with Gasteiger partial charge >= 0.3 is 0 Å². The van der Waals surface area contributed by atoms with Crippen molar-refractivity contribution in [1.29, 1.82) is 0 Å². The molecule has 0 fully saturated rings. The highest BCUT2D eigenvalue weighted by molar-refractivity contribution is 4.80. The maximum atomic E-state index is 8.77. The second-order valence-electron chi connectivity index (χ2n) is 1.85. The molecule has 0 aliphatic carbocycles. The van der Waals surface area contributed by atoms with Crippen LogP contribution < -0.4 is 0 Å². The van der Waals surface area contributed by atoms with Gasteiger partial charge in [0, 0.05) is 9.14 Å². The lowest BCUT2D eigenvalue weighted by Crippen LogP contribution is -1.92. The Morgan fingerprint density at radius 2 is 2.50 bits per heavy atom. The molecule has 8 heavy (non-hydrogen) atoms. The molecule has 0 aromatic carbocycles. The molecule has 0 spiro atoms. The molecule has 48 valence electrons. The molecular formula is C7H14O. The zero-order chi connectivity index (χ0) is 8.31. The lowest BCUT2D eigenvalue weighted by molar-refractivity contribution is 0.357. The number of aliphatic hydroxyl groups excluding tert-OH is 1. The van der Waals surface area contributed by atoms with E-state index in [-0.39, 0.29) is 18.1 Å². The third kappa shape index (κ3) is 3.72. The van der Waals surface area contributed by atoms with E-state index in [1.807, 2.05) is 0 Å². The van der Waals surface area contributed by atoms with Gasteiger partial charge in [-0.25, -0.2) is 0 Å². The summed E-state index contributed by atoms with van der Waals surface area (Å²) < 4.78 is 14.5. The highest BCUT2D eigenvalue weighted by Gasteiger charge is 1.97. The molecule has 0 radical (unpaired) electrons. The van der Waals surface area contributed by atoms with E-state index in [4.69, 9.17) is 7.85 Å². The minimum Gasteiger partial charge on any atom is -0.513 e. The van der Waals surface area contributed by atoms with E-state index in [2.05, 4.69) is 6.58 Å². The van der Waals surface area contributed by atoms with Crippen LogP contribution in [-0.2, 0) is 0 Å². The van der Waals surface area contributed by atoms with Gasteiger partial charge in [-0.3, -0.25) is 0 Å². The lowest BCUT2D eigenvalue weighted by atomic mass is 10.1. The van der Waals surface area contributed by atoms with Gasteiger partial charge in [-0.05, 0) is 5.92 Å². The fraction of sp³-hybridized carbons (Fsp3) is 0.714. The molecule has 0 aliphatic rings. The summed E-state index contributed by atoms with van der Waals surface area (Å²) >= 11 is 0. The van der Waals surface area contributed by atoms with Crippen molar-refractivity contribution in [3.63, 3.8) is 0 Å². The topological polar surface area (TPSA) is 20.2 Å². The summed E-state index contributed by atoms with van der Waals surface area (Å²) in [7, 11) is 0. The molecule has 0 bridgehead atoms. The van der Waals surface area contributed by atoms with Crippen molar-refractivity contribution >= 4 is 0 Å². The molecule has 0 saturated heterocycles. The third-order valence-corrected chi connectivity index (χ3v) is 0.981. The maximum absolute atomic E-state index is 8.77.